The average Bonchev–Trinajstić information content (AvgIpc) is 3.43. The number of aliphatic carboxylic acids is 1. The molecule has 224 valence electrons. The Morgan fingerprint density at radius 1 is 1.12 bits per heavy atom. The Bertz CT molecular complexity index is 1060. The van der Waals surface area contributed by atoms with E-state index in [0.29, 0.717) is 24.5 Å². The number of hydrogen-bond acceptors (Lipinski definition) is 5. The van der Waals surface area contributed by atoms with E-state index in [9.17, 15) is 14.7 Å². The fourth-order valence-corrected chi connectivity index (χ4v) is 6.33. The third-order valence-electron chi connectivity index (χ3n) is 8.00. The van der Waals surface area contributed by atoms with Crippen molar-refractivity contribution in [1.29, 1.82) is 0 Å². The Hall–Kier alpha value is -2.58. The Balaban J connectivity index is 1.90. The Labute approximate surface area is 241 Å². The Kier molecular flexibility index (Phi) is 10.7. The van der Waals surface area contributed by atoms with Gasteiger partial charge in [-0.3, -0.25) is 14.5 Å². The summed E-state index contributed by atoms with van der Waals surface area (Å²) in [5.74, 6) is -0.283. The summed E-state index contributed by atoms with van der Waals surface area (Å²) < 4.78 is 12.0. The lowest BCUT2D eigenvalue weighted by atomic mass is 9.77. The molecule has 3 rings (SSSR count). The van der Waals surface area contributed by atoms with Crippen LogP contribution >= 0.6 is 0 Å². The number of ether oxygens (including phenoxy) is 2. The van der Waals surface area contributed by atoms with Crippen molar-refractivity contribution in [1.82, 2.24) is 9.80 Å². The third kappa shape index (κ3) is 8.71. The second kappa shape index (κ2) is 13.4. The quantitative estimate of drug-likeness (QED) is 0.256. The van der Waals surface area contributed by atoms with Crippen LogP contribution in [0.3, 0.4) is 0 Å². The molecule has 0 bridgehead atoms. The summed E-state index contributed by atoms with van der Waals surface area (Å²) in [6, 6.07) is 5.47. The standard InChI is InChI=1S/C32H51N3O5/c1-9-10-14-33(15-11-16-35(6,7)8)29(36)21-34-20-25(24-12-13-27-28(17-24)40-22-39-27)30(31(37)38)26(34)19-32(4,5)18-23(2)3/h12-13,17-18,25-26,30H,9-11,14-16,19-22H2,1-8H3/p+1/t25-,26+,30?/m1/s1. The predicted octanol–water partition coefficient (Wildman–Crippen LogP) is 4.99. The maximum Gasteiger partial charge on any atom is 0.308 e. The minimum absolute atomic E-state index is 0.0929. The number of carboxylic acids is 1. The number of benzene rings is 1. The van der Waals surface area contributed by atoms with Crippen molar-refractivity contribution in [3.05, 3.63) is 35.4 Å². The zero-order valence-corrected chi connectivity index (χ0v) is 26.0. The van der Waals surface area contributed by atoms with E-state index < -0.39 is 11.9 Å². The normalized spacial score (nSPS) is 20.9. The second-order valence-electron chi connectivity index (χ2n) is 13.6. The Morgan fingerprint density at radius 2 is 1.80 bits per heavy atom. The van der Waals surface area contributed by atoms with Crippen molar-refractivity contribution in [2.75, 3.05) is 60.7 Å². The molecule has 1 amide bonds. The van der Waals surface area contributed by atoms with Gasteiger partial charge >= 0.3 is 5.97 Å². The zero-order valence-electron chi connectivity index (χ0n) is 26.0. The number of carbonyl (C=O) groups excluding carboxylic acids is 1. The fourth-order valence-electron chi connectivity index (χ4n) is 6.33. The second-order valence-corrected chi connectivity index (χ2v) is 13.6. The number of quaternary nitrogens is 1. The van der Waals surface area contributed by atoms with Gasteiger partial charge in [0.15, 0.2) is 11.5 Å². The molecule has 0 spiro atoms. The van der Waals surface area contributed by atoms with Crippen molar-refractivity contribution in [3.63, 3.8) is 0 Å². The highest BCUT2D eigenvalue weighted by Crippen LogP contribution is 2.45. The molecule has 1 unspecified atom stereocenters. The van der Waals surface area contributed by atoms with Crippen molar-refractivity contribution < 1.29 is 28.7 Å². The molecule has 0 saturated carbocycles. The number of likely N-dealkylation sites (tertiary alicyclic amines) is 1. The van der Waals surface area contributed by atoms with E-state index in [1.807, 2.05) is 23.1 Å². The maximum atomic E-state index is 13.8. The summed E-state index contributed by atoms with van der Waals surface area (Å²) in [6.07, 6.45) is 5.80. The van der Waals surface area contributed by atoms with Crippen LogP contribution in [0.4, 0.5) is 0 Å². The first-order valence-corrected chi connectivity index (χ1v) is 14.8. The lowest BCUT2D eigenvalue weighted by molar-refractivity contribution is -0.870. The van der Waals surface area contributed by atoms with Gasteiger partial charge in [-0.1, -0.05) is 44.9 Å². The number of allylic oxidation sites excluding steroid dienone is 2. The molecule has 1 saturated heterocycles. The van der Waals surface area contributed by atoms with Crippen molar-refractivity contribution in [2.24, 2.45) is 11.3 Å². The minimum atomic E-state index is -0.818. The molecule has 3 atom stereocenters. The molecule has 8 nitrogen and oxygen atoms in total. The summed E-state index contributed by atoms with van der Waals surface area (Å²) in [6.45, 7) is 14.0. The number of fused-ring (bicyclic) bond motifs is 1. The van der Waals surface area contributed by atoms with Gasteiger partial charge in [0, 0.05) is 38.0 Å². The topological polar surface area (TPSA) is 79.3 Å². The molecule has 0 aliphatic carbocycles. The molecule has 0 aromatic heterocycles. The molecule has 1 aromatic rings. The molecular formula is C32H52N3O5+. The fraction of sp³-hybridized carbons (Fsp3) is 0.688. The number of amides is 1. The van der Waals surface area contributed by atoms with Crippen molar-refractivity contribution in [3.8, 4) is 11.5 Å². The molecule has 1 aromatic carbocycles. The van der Waals surface area contributed by atoms with Gasteiger partial charge in [-0.05, 0) is 49.8 Å². The summed E-state index contributed by atoms with van der Waals surface area (Å²) in [5.41, 5.74) is 1.91. The predicted molar refractivity (Wildman–Crippen MR) is 159 cm³/mol. The highest BCUT2D eigenvalue weighted by Gasteiger charge is 2.48. The summed E-state index contributed by atoms with van der Waals surface area (Å²) >= 11 is 0. The first-order valence-electron chi connectivity index (χ1n) is 14.8. The largest absolute Gasteiger partial charge is 0.481 e. The van der Waals surface area contributed by atoms with Gasteiger partial charge in [-0.25, -0.2) is 0 Å². The van der Waals surface area contributed by atoms with Crippen LogP contribution in [0.15, 0.2) is 29.8 Å². The van der Waals surface area contributed by atoms with Crippen LogP contribution in [0.5, 0.6) is 11.5 Å². The zero-order chi connectivity index (χ0) is 29.7. The lowest BCUT2D eigenvalue weighted by Gasteiger charge is -2.34. The highest BCUT2D eigenvalue weighted by atomic mass is 16.7. The summed E-state index contributed by atoms with van der Waals surface area (Å²) in [7, 11) is 6.51. The van der Waals surface area contributed by atoms with E-state index in [1.165, 1.54) is 5.57 Å². The van der Waals surface area contributed by atoms with E-state index in [2.05, 4.69) is 66.7 Å². The minimum Gasteiger partial charge on any atom is -0.481 e. The van der Waals surface area contributed by atoms with E-state index in [-0.39, 0.29) is 36.6 Å². The molecule has 1 N–H and O–H groups in total. The highest BCUT2D eigenvalue weighted by molar-refractivity contribution is 5.79. The van der Waals surface area contributed by atoms with E-state index in [1.54, 1.807) is 0 Å². The van der Waals surface area contributed by atoms with Crippen molar-refractivity contribution in [2.45, 2.75) is 72.3 Å². The number of carbonyl (C=O) groups is 2. The number of hydrogen-bond donors (Lipinski definition) is 1. The van der Waals surface area contributed by atoms with Crippen LogP contribution in [0.2, 0.25) is 0 Å². The smallest absolute Gasteiger partial charge is 0.308 e. The molecule has 1 fully saturated rings. The van der Waals surface area contributed by atoms with Crippen molar-refractivity contribution >= 4 is 11.9 Å². The number of carboxylic acid groups (broad SMARTS) is 1. The van der Waals surface area contributed by atoms with Crippen LogP contribution < -0.4 is 9.47 Å². The lowest BCUT2D eigenvalue weighted by Crippen LogP contribution is -2.46. The van der Waals surface area contributed by atoms with E-state index in [4.69, 9.17) is 9.47 Å². The van der Waals surface area contributed by atoms with Gasteiger partial charge in [0.1, 0.15) is 0 Å². The number of rotatable bonds is 14. The third-order valence-corrected chi connectivity index (χ3v) is 8.00. The molecule has 0 radical (unpaired) electrons. The molecule has 2 aliphatic heterocycles. The van der Waals surface area contributed by atoms with Crippen LogP contribution in [-0.4, -0.2) is 98.0 Å². The van der Waals surface area contributed by atoms with Crippen LogP contribution in [0.1, 0.15) is 71.8 Å². The van der Waals surface area contributed by atoms with Crippen LogP contribution in [-0.2, 0) is 9.59 Å². The van der Waals surface area contributed by atoms with E-state index >= 15 is 0 Å². The van der Waals surface area contributed by atoms with Gasteiger partial charge < -0.3 is 24.0 Å². The molecule has 2 heterocycles. The number of unbranched alkanes of at least 4 members (excludes halogenated alkanes) is 1. The van der Waals surface area contributed by atoms with Gasteiger partial charge in [-0.15, -0.1) is 0 Å². The van der Waals surface area contributed by atoms with Gasteiger partial charge in [-0.2, -0.15) is 0 Å². The first-order chi connectivity index (χ1) is 18.7. The summed E-state index contributed by atoms with van der Waals surface area (Å²) in [4.78, 5) is 30.8. The molecule has 40 heavy (non-hydrogen) atoms. The Morgan fingerprint density at radius 3 is 2.42 bits per heavy atom. The van der Waals surface area contributed by atoms with Gasteiger partial charge in [0.2, 0.25) is 12.7 Å². The SMILES string of the molecule is CCCCN(CCC[N+](C)(C)C)C(=O)CN1C[C@H](c2ccc3c(c2)OCO3)C(C(=O)O)[C@@H]1CC(C)(C)C=C(C)C. The van der Waals surface area contributed by atoms with Gasteiger partial charge in [0.25, 0.3) is 0 Å². The summed E-state index contributed by atoms with van der Waals surface area (Å²) in [5, 5.41) is 10.6. The average molecular weight is 559 g/mol. The van der Waals surface area contributed by atoms with Crippen LogP contribution in [0.25, 0.3) is 0 Å². The molecule has 2 aliphatic rings. The van der Waals surface area contributed by atoms with Gasteiger partial charge in [0.05, 0.1) is 40.2 Å². The number of nitrogens with zero attached hydrogens (tertiary/aromatic N) is 3. The first kappa shape index (κ1) is 31.9. The molecular weight excluding hydrogens is 506 g/mol. The van der Waals surface area contributed by atoms with E-state index in [0.717, 1.165) is 48.9 Å². The monoisotopic (exact) mass is 558 g/mol. The maximum absolute atomic E-state index is 13.8. The van der Waals surface area contributed by atoms with Crippen LogP contribution in [0, 0.1) is 11.3 Å². The molecule has 8 heteroatoms.